The Morgan fingerprint density at radius 1 is 1.28 bits per heavy atom. The van der Waals surface area contributed by atoms with Gasteiger partial charge in [-0.3, -0.25) is 4.79 Å². The lowest BCUT2D eigenvalue weighted by atomic mass is 9.96. The highest BCUT2D eigenvalue weighted by Crippen LogP contribution is 2.30. The van der Waals surface area contributed by atoms with Crippen LogP contribution in [0.2, 0.25) is 5.02 Å². The molecular weight excluding hydrogens is 441 g/mol. The Bertz CT molecular complexity index is 1170. The fraction of sp³-hybridized carbons (Fsp3) is 0.348. The molecule has 32 heavy (non-hydrogen) atoms. The minimum absolute atomic E-state index is 0.0843. The van der Waals surface area contributed by atoms with E-state index in [-0.39, 0.29) is 5.25 Å². The van der Waals surface area contributed by atoms with Gasteiger partial charge in [0.05, 0.1) is 10.9 Å². The molecule has 4 heterocycles. The Balaban J connectivity index is 1.28. The predicted octanol–water partition coefficient (Wildman–Crippen LogP) is 2.98. The van der Waals surface area contributed by atoms with Crippen molar-refractivity contribution in [1.82, 2.24) is 19.5 Å². The third-order valence-electron chi connectivity index (χ3n) is 6.26. The van der Waals surface area contributed by atoms with Gasteiger partial charge in [0, 0.05) is 42.5 Å². The molecule has 6 nitrogen and oxygen atoms in total. The van der Waals surface area contributed by atoms with Crippen LogP contribution in [-0.4, -0.2) is 58.1 Å². The summed E-state index contributed by atoms with van der Waals surface area (Å²) in [6.45, 7) is 2.50. The molecule has 0 bridgehead atoms. The maximum absolute atomic E-state index is 12.7. The first-order valence-corrected chi connectivity index (χ1v) is 12.4. The van der Waals surface area contributed by atoms with Crippen molar-refractivity contribution < 1.29 is 4.79 Å². The quantitative estimate of drug-likeness (QED) is 0.587. The number of thioether (sulfide) groups is 1. The Labute approximate surface area is 197 Å². The number of fused-ring (bicyclic) bond motifs is 1. The number of hydrogen-bond donors (Lipinski definition) is 1. The van der Waals surface area contributed by atoms with Crippen molar-refractivity contribution in [3.8, 4) is 11.3 Å². The molecule has 9 heteroatoms. The van der Waals surface area contributed by atoms with Gasteiger partial charge in [-0.1, -0.05) is 35.9 Å². The van der Waals surface area contributed by atoms with Crippen LogP contribution in [0.5, 0.6) is 0 Å². The van der Waals surface area contributed by atoms with Gasteiger partial charge in [0.1, 0.15) is 13.7 Å². The summed E-state index contributed by atoms with van der Waals surface area (Å²) >= 11 is 8.09. The summed E-state index contributed by atoms with van der Waals surface area (Å²) in [5.41, 5.74) is 3.59. The second-order valence-electron chi connectivity index (χ2n) is 8.45. The van der Waals surface area contributed by atoms with Crippen LogP contribution in [0.3, 0.4) is 0 Å². The van der Waals surface area contributed by atoms with Gasteiger partial charge >= 0.3 is 0 Å². The Kier molecular flexibility index (Phi) is 6.15. The van der Waals surface area contributed by atoms with E-state index in [2.05, 4.69) is 16.5 Å². The van der Waals surface area contributed by atoms with E-state index in [0.717, 1.165) is 67.1 Å². The molecule has 1 amide bonds. The minimum Gasteiger partial charge on any atom is -0.370 e. The summed E-state index contributed by atoms with van der Waals surface area (Å²) in [6.07, 6.45) is 6.80. The van der Waals surface area contributed by atoms with E-state index in [1.54, 1.807) is 11.8 Å². The third-order valence-corrected chi connectivity index (χ3v) is 7.66. The molecule has 2 aromatic heterocycles. The molecule has 0 spiro atoms. The number of aromatic nitrogens is 3. The summed E-state index contributed by atoms with van der Waals surface area (Å²) in [7, 11) is 2.01. The number of halogens is 1. The van der Waals surface area contributed by atoms with Gasteiger partial charge in [0.15, 0.2) is 5.65 Å². The molecule has 1 unspecified atom stereocenters. The van der Waals surface area contributed by atoms with E-state index in [1.807, 2.05) is 59.2 Å². The molecule has 1 N–H and O–H groups in total. The van der Waals surface area contributed by atoms with Gasteiger partial charge in [0.25, 0.3) is 0 Å². The van der Waals surface area contributed by atoms with E-state index in [9.17, 15) is 4.79 Å². The van der Waals surface area contributed by atoms with Crippen molar-refractivity contribution in [2.75, 3.05) is 25.0 Å². The fourth-order valence-electron chi connectivity index (χ4n) is 4.36. The summed E-state index contributed by atoms with van der Waals surface area (Å²) in [4.78, 5) is 19.5. The van der Waals surface area contributed by atoms with Crippen LogP contribution >= 0.6 is 23.4 Å². The minimum atomic E-state index is 0.0843. The van der Waals surface area contributed by atoms with E-state index >= 15 is 0 Å². The molecule has 1 fully saturated rings. The number of allylic oxidation sites excluding steroid dienone is 1. The molecule has 1 saturated heterocycles. The standard InChI is InChI=1S/C23H25BClN5OS/c24-17-14-27-30-21(12-19(28-22(17)30)16-4-1-2-5-18(16)25)26-13-15-7-9-29(10-8-15)23(31)20-6-3-11-32-20/h1-5,11-12,14-15,20,26H,6-10,13,24H2. The zero-order valence-electron chi connectivity index (χ0n) is 18.0. The van der Waals surface area contributed by atoms with Crippen molar-refractivity contribution >= 4 is 54.0 Å². The monoisotopic (exact) mass is 465 g/mol. The SMILES string of the molecule is Bc1cnn2c(NCC3CCN(C(=O)C4CC=CS4)CC3)cc(-c3ccccc3Cl)nc12. The number of benzene rings is 1. The van der Waals surface area contributed by atoms with E-state index < -0.39 is 0 Å². The van der Waals surface area contributed by atoms with Crippen LogP contribution in [0.25, 0.3) is 16.9 Å². The number of piperidine rings is 1. The highest BCUT2D eigenvalue weighted by molar-refractivity contribution is 8.03. The number of likely N-dealkylation sites (tertiary alicyclic amines) is 1. The van der Waals surface area contributed by atoms with E-state index in [1.165, 1.54) is 0 Å². The van der Waals surface area contributed by atoms with Crippen LogP contribution in [0.1, 0.15) is 19.3 Å². The van der Waals surface area contributed by atoms with E-state index in [4.69, 9.17) is 16.6 Å². The summed E-state index contributed by atoms with van der Waals surface area (Å²) in [6, 6.07) is 9.78. The molecule has 164 valence electrons. The smallest absolute Gasteiger partial charge is 0.236 e. The highest BCUT2D eigenvalue weighted by Gasteiger charge is 2.29. The number of hydrogen-bond acceptors (Lipinski definition) is 5. The first kappa shape index (κ1) is 21.4. The van der Waals surface area contributed by atoms with Crippen molar-refractivity contribution in [2.45, 2.75) is 24.5 Å². The van der Waals surface area contributed by atoms with Crippen LogP contribution in [0.15, 0.2) is 48.0 Å². The number of nitrogens with zero attached hydrogens (tertiary/aromatic N) is 4. The third kappa shape index (κ3) is 4.26. The topological polar surface area (TPSA) is 62.5 Å². The van der Waals surface area contributed by atoms with Gasteiger partial charge in [0.2, 0.25) is 5.91 Å². The maximum Gasteiger partial charge on any atom is 0.236 e. The van der Waals surface area contributed by atoms with Crippen LogP contribution < -0.4 is 10.8 Å². The first-order chi connectivity index (χ1) is 15.6. The zero-order chi connectivity index (χ0) is 22.1. The molecular formula is C23H25BClN5OS. The maximum atomic E-state index is 12.7. The van der Waals surface area contributed by atoms with Gasteiger partial charge in [-0.05, 0) is 42.1 Å². The molecule has 2 aliphatic heterocycles. The van der Waals surface area contributed by atoms with Crippen molar-refractivity contribution in [3.63, 3.8) is 0 Å². The Morgan fingerprint density at radius 2 is 2.09 bits per heavy atom. The lowest BCUT2D eigenvalue weighted by Crippen LogP contribution is -2.43. The fourth-order valence-corrected chi connectivity index (χ4v) is 5.49. The van der Waals surface area contributed by atoms with Gasteiger partial charge in [-0.15, -0.1) is 11.8 Å². The van der Waals surface area contributed by atoms with Crippen molar-refractivity contribution in [1.29, 1.82) is 0 Å². The lowest BCUT2D eigenvalue weighted by molar-refractivity contribution is -0.131. The van der Waals surface area contributed by atoms with Gasteiger partial charge in [-0.2, -0.15) is 9.61 Å². The Morgan fingerprint density at radius 3 is 2.84 bits per heavy atom. The second kappa shape index (κ2) is 9.20. The number of amides is 1. The summed E-state index contributed by atoms with van der Waals surface area (Å²) in [5.74, 6) is 1.71. The van der Waals surface area contributed by atoms with E-state index in [0.29, 0.717) is 16.8 Å². The Hall–Kier alpha value is -2.45. The molecule has 5 rings (SSSR count). The van der Waals surface area contributed by atoms with Crippen LogP contribution in [-0.2, 0) is 4.79 Å². The predicted molar refractivity (Wildman–Crippen MR) is 135 cm³/mol. The number of rotatable bonds is 5. The zero-order valence-corrected chi connectivity index (χ0v) is 19.6. The second-order valence-corrected chi connectivity index (χ2v) is 9.97. The van der Waals surface area contributed by atoms with Crippen molar-refractivity contribution in [3.05, 3.63) is 53.0 Å². The highest BCUT2D eigenvalue weighted by atomic mass is 35.5. The van der Waals surface area contributed by atoms with Crippen LogP contribution in [0, 0.1) is 5.92 Å². The molecule has 2 aliphatic rings. The molecule has 3 aromatic rings. The number of carbonyl (C=O) groups is 1. The van der Waals surface area contributed by atoms with Gasteiger partial charge in [-0.25, -0.2) is 4.98 Å². The average molecular weight is 466 g/mol. The van der Waals surface area contributed by atoms with Gasteiger partial charge < -0.3 is 10.2 Å². The lowest BCUT2D eigenvalue weighted by Gasteiger charge is -2.33. The number of carbonyl (C=O) groups excluding carboxylic acids is 1. The summed E-state index contributed by atoms with van der Waals surface area (Å²) < 4.78 is 1.86. The molecule has 1 aromatic carbocycles. The first-order valence-electron chi connectivity index (χ1n) is 11.0. The molecule has 0 aliphatic carbocycles. The van der Waals surface area contributed by atoms with Crippen molar-refractivity contribution in [2.24, 2.45) is 5.92 Å². The largest absolute Gasteiger partial charge is 0.370 e. The summed E-state index contributed by atoms with van der Waals surface area (Å²) in [5, 5.41) is 10.9. The normalized spacial score (nSPS) is 19.0. The number of anilines is 1. The van der Waals surface area contributed by atoms with Crippen LogP contribution in [0.4, 0.5) is 5.82 Å². The average Bonchev–Trinajstić information content (AvgIpc) is 3.48. The molecule has 0 radical (unpaired) electrons. The molecule has 1 atom stereocenters. The molecule has 0 saturated carbocycles. The number of nitrogens with one attached hydrogen (secondary N) is 1.